The number of nitrogens with one attached hydrogen (secondary N) is 1. The Morgan fingerprint density at radius 3 is 2.68 bits per heavy atom. The van der Waals surface area contributed by atoms with Crippen LogP contribution in [0.15, 0.2) is 30.3 Å². The average molecular weight is 389 g/mol. The van der Waals surface area contributed by atoms with Gasteiger partial charge in [-0.2, -0.15) is 0 Å². The van der Waals surface area contributed by atoms with Gasteiger partial charge in [-0.3, -0.25) is 4.79 Å². The number of nitrogens with two attached hydrogens (primary N) is 2. The summed E-state index contributed by atoms with van der Waals surface area (Å²) in [6, 6.07) is 8.54. The second-order valence-electron chi connectivity index (χ2n) is 3.75. The molecule has 0 radical (unpaired) electrons. The van der Waals surface area contributed by atoms with E-state index in [9.17, 15) is 4.79 Å². The van der Waals surface area contributed by atoms with Crippen molar-refractivity contribution in [2.24, 2.45) is 5.73 Å². The summed E-state index contributed by atoms with van der Waals surface area (Å²) in [6.45, 7) is 0. The maximum Gasteiger partial charge on any atom is 0.267 e. The number of nitrogens with zero attached hydrogens (tertiary/aromatic N) is 1. The largest absolute Gasteiger partial charge is 0.396 e. The summed E-state index contributed by atoms with van der Waals surface area (Å²) in [4.78, 5) is 15.2. The van der Waals surface area contributed by atoms with E-state index in [2.05, 4.69) is 32.9 Å². The second-order valence-corrected chi connectivity index (χ2v) is 5.40. The molecule has 0 saturated heterocycles. The van der Waals surface area contributed by atoms with Crippen LogP contribution in [-0.4, -0.2) is 10.9 Å². The van der Waals surface area contributed by atoms with Crippen LogP contribution in [-0.2, 0) is 0 Å². The lowest BCUT2D eigenvalue weighted by molar-refractivity contribution is 0.0996. The number of hydrogen-bond donors (Lipinski definition) is 3. The molecule has 5 nitrogen and oxygen atoms in total. The molecule has 0 bridgehead atoms. The van der Waals surface area contributed by atoms with Crippen molar-refractivity contribution in [1.82, 2.24) is 4.98 Å². The number of amides is 1. The number of benzene rings is 1. The fraction of sp³-hybridized carbons (Fsp3) is 0. The molecule has 0 aliphatic carbocycles. The fourth-order valence-corrected chi connectivity index (χ4v) is 2.33. The molecule has 2 aromatic rings. The highest BCUT2D eigenvalue weighted by Crippen LogP contribution is 2.28. The van der Waals surface area contributed by atoms with Crippen molar-refractivity contribution in [1.29, 1.82) is 0 Å². The topological polar surface area (TPSA) is 94.0 Å². The van der Waals surface area contributed by atoms with E-state index in [0.717, 1.165) is 3.57 Å². The van der Waals surface area contributed by atoms with Gasteiger partial charge in [-0.15, -0.1) is 0 Å². The van der Waals surface area contributed by atoms with Crippen molar-refractivity contribution >= 4 is 57.3 Å². The van der Waals surface area contributed by atoms with Crippen LogP contribution < -0.4 is 16.8 Å². The van der Waals surface area contributed by atoms with Crippen LogP contribution in [0.2, 0.25) is 5.02 Å². The quantitative estimate of drug-likeness (QED) is 0.705. The molecule has 0 saturated carbocycles. The number of anilines is 3. The number of carbonyl (C=O) groups excluding carboxylic acids is 1. The van der Waals surface area contributed by atoms with E-state index in [-0.39, 0.29) is 5.69 Å². The number of halogens is 2. The highest BCUT2D eigenvalue weighted by molar-refractivity contribution is 14.1. The molecule has 1 heterocycles. The third kappa shape index (κ3) is 3.27. The van der Waals surface area contributed by atoms with Gasteiger partial charge in [0.2, 0.25) is 0 Å². The summed E-state index contributed by atoms with van der Waals surface area (Å²) in [5.41, 5.74) is 12.2. The van der Waals surface area contributed by atoms with Gasteiger partial charge in [0, 0.05) is 3.57 Å². The zero-order chi connectivity index (χ0) is 14.0. The van der Waals surface area contributed by atoms with Crippen molar-refractivity contribution in [2.75, 3.05) is 11.1 Å². The number of nitrogen functional groups attached to an aromatic ring is 1. The predicted molar refractivity (Wildman–Crippen MR) is 84.6 cm³/mol. The predicted octanol–water partition coefficient (Wildman–Crippen LogP) is 2.76. The Balaban J connectivity index is 2.37. The average Bonchev–Trinajstić information content (AvgIpc) is 2.34. The van der Waals surface area contributed by atoms with Gasteiger partial charge in [0.25, 0.3) is 5.91 Å². The van der Waals surface area contributed by atoms with Crippen LogP contribution >= 0.6 is 34.2 Å². The van der Waals surface area contributed by atoms with Crippen LogP contribution in [0.3, 0.4) is 0 Å². The Morgan fingerprint density at radius 1 is 1.32 bits per heavy atom. The third-order valence-electron chi connectivity index (χ3n) is 2.36. The number of carbonyl (C=O) groups is 1. The zero-order valence-electron chi connectivity index (χ0n) is 9.65. The summed E-state index contributed by atoms with van der Waals surface area (Å²) < 4.78 is 1.01. The van der Waals surface area contributed by atoms with E-state index in [1.165, 1.54) is 6.07 Å². The Labute approximate surface area is 128 Å². The third-order valence-corrected chi connectivity index (χ3v) is 3.35. The van der Waals surface area contributed by atoms with Gasteiger partial charge in [-0.05, 0) is 52.9 Å². The van der Waals surface area contributed by atoms with Crippen LogP contribution in [0.4, 0.5) is 17.2 Å². The van der Waals surface area contributed by atoms with Crippen molar-refractivity contribution in [3.05, 3.63) is 44.6 Å². The van der Waals surface area contributed by atoms with E-state index in [1.807, 2.05) is 12.1 Å². The van der Waals surface area contributed by atoms with E-state index >= 15 is 0 Å². The van der Waals surface area contributed by atoms with Crippen molar-refractivity contribution in [3.8, 4) is 0 Å². The second kappa shape index (κ2) is 5.62. The summed E-state index contributed by atoms with van der Waals surface area (Å²) in [5.74, 6) is -0.267. The Hall–Kier alpha value is -1.54. The lowest BCUT2D eigenvalue weighted by Gasteiger charge is -2.10. The number of hydrogen-bond acceptors (Lipinski definition) is 4. The molecule has 0 aliphatic rings. The first kappa shape index (κ1) is 13.9. The van der Waals surface area contributed by atoms with Crippen LogP contribution in [0.1, 0.15) is 10.5 Å². The zero-order valence-corrected chi connectivity index (χ0v) is 12.6. The lowest BCUT2D eigenvalue weighted by atomic mass is 10.3. The lowest BCUT2D eigenvalue weighted by Crippen LogP contribution is -2.14. The Bertz CT molecular complexity index is 648. The molecule has 1 aromatic heterocycles. The van der Waals surface area contributed by atoms with Gasteiger partial charge in [0.05, 0.1) is 16.4 Å². The molecule has 1 aromatic carbocycles. The molecule has 1 amide bonds. The standard InChI is InChI=1S/C12H10ClIN4O/c13-7-5-6(14)1-3-9(7)17-12-8(15)2-4-10(18-12)11(16)19/h1-5H,15H2,(H2,16,19)(H,17,18). The molecule has 0 unspecified atom stereocenters. The molecule has 19 heavy (non-hydrogen) atoms. The van der Waals surface area contributed by atoms with Gasteiger partial charge >= 0.3 is 0 Å². The maximum absolute atomic E-state index is 11.1. The molecule has 5 N–H and O–H groups in total. The van der Waals surface area contributed by atoms with Gasteiger partial charge < -0.3 is 16.8 Å². The SMILES string of the molecule is NC(=O)c1ccc(N)c(Nc2ccc(I)cc2Cl)n1. The van der Waals surface area contributed by atoms with Gasteiger partial charge in [0.1, 0.15) is 5.69 Å². The number of rotatable bonds is 3. The molecule has 0 fully saturated rings. The van der Waals surface area contributed by atoms with E-state index in [4.69, 9.17) is 23.1 Å². The fourth-order valence-electron chi connectivity index (χ4n) is 1.43. The minimum absolute atomic E-state index is 0.137. The first-order valence-corrected chi connectivity index (χ1v) is 6.71. The Kier molecular flexibility index (Phi) is 4.11. The van der Waals surface area contributed by atoms with E-state index < -0.39 is 5.91 Å². The number of primary amides is 1. The molecule has 0 atom stereocenters. The molecule has 2 rings (SSSR count). The summed E-state index contributed by atoms with van der Waals surface area (Å²) in [5, 5.41) is 3.52. The van der Waals surface area contributed by atoms with E-state index in [0.29, 0.717) is 22.2 Å². The first-order valence-electron chi connectivity index (χ1n) is 5.26. The Morgan fingerprint density at radius 2 is 2.05 bits per heavy atom. The van der Waals surface area contributed by atoms with Gasteiger partial charge in [-0.1, -0.05) is 11.6 Å². The van der Waals surface area contributed by atoms with E-state index in [1.54, 1.807) is 12.1 Å². The van der Waals surface area contributed by atoms with Crippen molar-refractivity contribution < 1.29 is 4.79 Å². The molecule has 7 heteroatoms. The van der Waals surface area contributed by atoms with Gasteiger partial charge in [-0.25, -0.2) is 4.98 Å². The smallest absolute Gasteiger partial charge is 0.267 e. The summed E-state index contributed by atoms with van der Waals surface area (Å²) >= 11 is 8.27. The number of aromatic nitrogens is 1. The minimum atomic E-state index is -0.614. The molecular weight excluding hydrogens is 379 g/mol. The van der Waals surface area contributed by atoms with Crippen molar-refractivity contribution in [3.63, 3.8) is 0 Å². The van der Waals surface area contributed by atoms with Crippen LogP contribution in [0.25, 0.3) is 0 Å². The molecule has 98 valence electrons. The van der Waals surface area contributed by atoms with Crippen molar-refractivity contribution in [2.45, 2.75) is 0 Å². The van der Waals surface area contributed by atoms with Gasteiger partial charge in [0.15, 0.2) is 5.82 Å². The monoisotopic (exact) mass is 388 g/mol. The number of pyridine rings is 1. The maximum atomic E-state index is 11.1. The summed E-state index contributed by atoms with van der Waals surface area (Å²) in [6.07, 6.45) is 0. The normalized spacial score (nSPS) is 10.2. The summed E-state index contributed by atoms with van der Waals surface area (Å²) in [7, 11) is 0. The molecule has 0 aliphatic heterocycles. The molecular formula is C12H10ClIN4O. The van der Waals surface area contributed by atoms with Crippen LogP contribution in [0.5, 0.6) is 0 Å². The minimum Gasteiger partial charge on any atom is -0.396 e. The highest BCUT2D eigenvalue weighted by atomic mass is 127. The highest BCUT2D eigenvalue weighted by Gasteiger charge is 2.09. The molecule has 0 spiro atoms. The first-order chi connectivity index (χ1) is 8.97. The van der Waals surface area contributed by atoms with Crippen LogP contribution in [0, 0.1) is 3.57 Å².